The normalized spacial score (nSPS) is 19.9. The lowest BCUT2D eigenvalue weighted by Gasteiger charge is -2.31. The standard InChI is InChI=1S/C10H17NO3/c1-8(12)7-10(13)11-5-3-9(14-2)4-6-11/h7,9,13H,3-6H2,1-2H3/b10-7-. The van der Waals surface area contributed by atoms with Crippen molar-refractivity contribution in [2.45, 2.75) is 25.9 Å². The number of ketones is 1. The number of carbonyl (C=O) groups is 1. The van der Waals surface area contributed by atoms with Gasteiger partial charge in [0.15, 0.2) is 11.7 Å². The van der Waals surface area contributed by atoms with Crippen molar-refractivity contribution in [1.82, 2.24) is 4.90 Å². The minimum Gasteiger partial charge on any atom is -0.495 e. The third kappa shape index (κ3) is 3.03. The number of methoxy groups -OCH3 is 1. The second-order valence-electron chi connectivity index (χ2n) is 3.54. The van der Waals surface area contributed by atoms with E-state index >= 15 is 0 Å². The van der Waals surface area contributed by atoms with Gasteiger partial charge >= 0.3 is 0 Å². The van der Waals surface area contributed by atoms with Crippen molar-refractivity contribution in [3.63, 3.8) is 0 Å². The number of rotatable bonds is 3. The first-order valence-corrected chi connectivity index (χ1v) is 4.82. The van der Waals surface area contributed by atoms with Gasteiger partial charge in [0, 0.05) is 26.3 Å². The number of piperidine rings is 1. The molecule has 1 heterocycles. The molecular formula is C10H17NO3. The monoisotopic (exact) mass is 199 g/mol. The third-order valence-electron chi connectivity index (χ3n) is 2.43. The zero-order valence-corrected chi connectivity index (χ0v) is 8.69. The molecule has 1 rings (SSSR count). The van der Waals surface area contributed by atoms with Crippen molar-refractivity contribution >= 4 is 5.78 Å². The summed E-state index contributed by atoms with van der Waals surface area (Å²) in [6, 6.07) is 0. The number of likely N-dealkylation sites (tertiary alicyclic amines) is 1. The van der Waals surface area contributed by atoms with Crippen LogP contribution >= 0.6 is 0 Å². The van der Waals surface area contributed by atoms with Gasteiger partial charge in [-0.25, -0.2) is 0 Å². The maximum Gasteiger partial charge on any atom is 0.190 e. The summed E-state index contributed by atoms with van der Waals surface area (Å²) >= 11 is 0. The first-order chi connectivity index (χ1) is 6.63. The van der Waals surface area contributed by atoms with Crippen LogP contribution < -0.4 is 0 Å². The lowest BCUT2D eigenvalue weighted by atomic mass is 10.1. The Balaban J connectivity index is 2.45. The zero-order chi connectivity index (χ0) is 10.6. The van der Waals surface area contributed by atoms with Gasteiger partial charge in [-0.3, -0.25) is 4.79 Å². The minimum absolute atomic E-state index is 0.0760. The fraction of sp³-hybridized carbons (Fsp3) is 0.700. The molecule has 0 aromatic carbocycles. The van der Waals surface area contributed by atoms with Crippen molar-refractivity contribution in [1.29, 1.82) is 0 Å². The van der Waals surface area contributed by atoms with Crippen molar-refractivity contribution < 1.29 is 14.6 Å². The molecule has 1 fully saturated rings. The number of nitrogens with zero attached hydrogens (tertiary/aromatic N) is 1. The van der Waals surface area contributed by atoms with Crippen LogP contribution in [0.1, 0.15) is 19.8 Å². The van der Waals surface area contributed by atoms with Gasteiger partial charge in [-0.15, -0.1) is 0 Å². The maximum absolute atomic E-state index is 10.7. The zero-order valence-electron chi connectivity index (χ0n) is 8.69. The number of allylic oxidation sites excluding steroid dienone is 1. The van der Waals surface area contributed by atoms with E-state index in [0.29, 0.717) is 0 Å². The molecule has 4 heteroatoms. The quantitative estimate of drug-likeness (QED) is 0.546. The van der Waals surface area contributed by atoms with Gasteiger partial charge < -0.3 is 14.7 Å². The average molecular weight is 199 g/mol. The molecule has 1 aliphatic heterocycles. The van der Waals surface area contributed by atoms with Crippen LogP contribution in [0, 0.1) is 0 Å². The van der Waals surface area contributed by atoms with Crippen molar-refractivity contribution in [2.75, 3.05) is 20.2 Å². The molecule has 80 valence electrons. The van der Waals surface area contributed by atoms with Crippen molar-refractivity contribution in [3.05, 3.63) is 12.0 Å². The predicted octanol–water partition coefficient (Wildman–Crippen LogP) is 1.09. The van der Waals surface area contributed by atoms with Crippen LogP contribution in [0.2, 0.25) is 0 Å². The fourth-order valence-electron chi connectivity index (χ4n) is 1.59. The third-order valence-corrected chi connectivity index (χ3v) is 2.43. The Morgan fingerprint density at radius 3 is 2.50 bits per heavy atom. The second-order valence-corrected chi connectivity index (χ2v) is 3.54. The summed E-state index contributed by atoms with van der Waals surface area (Å²) in [7, 11) is 1.70. The van der Waals surface area contributed by atoms with E-state index in [9.17, 15) is 9.90 Å². The van der Waals surface area contributed by atoms with Gasteiger partial charge in [0.05, 0.1) is 6.10 Å². The highest BCUT2D eigenvalue weighted by molar-refractivity contribution is 5.87. The molecule has 0 amide bonds. The molecule has 0 aliphatic carbocycles. The summed E-state index contributed by atoms with van der Waals surface area (Å²) in [4.78, 5) is 12.5. The number of aliphatic hydroxyl groups excluding tert-OH is 1. The molecule has 0 atom stereocenters. The van der Waals surface area contributed by atoms with Gasteiger partial charge in [0.1, 0.15) is 0 Å². The van der Waals surface area contributed by atoms with Gasteiger partial charge in [-0.05, 0) is 19.8 Å². The van der Waals surface area contributed by atoms with Crippen LogP contribution in [0.25, 0.3) is 0 Å². The van der Waals surface area contributed by atoms with Crippen LogP contribution in [0.15, 0.2) is 12.0 Å². The molecule has 0 bridgehead atoms. The van der Waals surface area contributed by atoms with Crippen molar-refractivity contribution in [3.8, 4) is 0 Å². The van der Waals surface area contributed by atoms with Crippen LogP contribution in [-0.2, 0) is 9.53 Å². The SMILES string of the molecule is COC1CCN(/C(O)=C/C(C)=O)CC1. The summed E-state index contributed by atoms with van der Waals surface area (Å²) in [5.41, 5.74) is 0. The van der Waals surface area contributed by atoms with Crippen LogP contribution in [-0.4, -0.2) is 42.1 Å². The minimum atomic E-state index is -0.128. The molecule has 1 aliphatic rings. The highest BCUT2D eigenvalue weighted by Gasteiger charge is 2.19. The highest BCUT2D eigenvalue weighted by atomic mass is 16.5. The number of hydrogen-bond donors (Lipinski definition) is 1. The first-order valence-electron chi connectivity index (χ1n) is 4.82. The van der Waals surface area contributed by atoms with Gasteiger partial charge in [-0.2, -0.15) is 0 Å². The van der Waals surface area contributed by atoms with Crippen LogP contribution in [0.4, 0.5) is 0 Å². The van der Waals surface area contributed by atoms with Gasteiger partial charge in [0.2, 0.25) is 0 Å². The molecule has 1 N–H and O–H groups in total. The number of carbonyl (C=O) groups excluding carboxylic acids is 1. The van der Waals surface area contributed by atoms with E-state index in [1.165, 1.54) is 13.0 Å². The molecule has 4 nitrogen and oxygen atoms in total. The Morgan fingerprint density at radius 2 is 2.07 bits per heavy atom. The Kier molecular flexibility index (Phi) is 3.95. The Bertz CT molecular complexity index is 230. The molecule has 0 saturated carbocycles. The van der Waals surface area contributed by atoms with E-state index in [1.54, 1.807) is 12.0 Å². The molecule has 0 spiro atoms. The first kappa shape index (κ1) is 11.0. The van der Waals surface area contributed by atoms with Gasteiger partial charge in [-0.1, -0.05) is 0 Å². The topological polar surface area (TPSA) is 49.8 Å². The summed E-state index contributed by atoms with van der Waals surface area (Å²) in [5.74, 6) is -0.0524. The summed E-state index contributed by atoms with van der Waals surface area (Å²) in [6.07, 6.45) is 3.34. The summed E-state index contributed by atoms with van der Waals surface area (Å²) in [5, 5.41) is 9.53. The fourth-order valence-corrected chi connectivity index (χ4v) is 1.59. The number of ether oxygens (including phenoxy) is 1. The van der Waals surface area contributed by atoms with E-state index in [0.717, 1.165) is 25.9 Å². The van der Waals surface area contributed by atoms with E-state index < -0.39 is 0 Å². The molecular weight excluding hydrogens is 182 g/mol. The van der Waals surface area contributed by atoms with E-state index in [4.69, 9.17) is 4.74 Å². The smallest absolute Gasteiger partial charge is 0.190 e. The molecule has 0 aromatic rings. The lowest BCUT2D eigenvalue weighted by Crippen LogP contribution is -2.36. The second kappa shape index (κ2) is 5.00. The lowest BCUT2D eigenvalue weighted by molar-refractivity contribution is -0.112. The number of hydrogen-bond acceptors (Lipinski definition) is 4. The molecule has 14 heavy (non-hydrogen) atoms. The molecule has 0 unspecified atom stereocenters. The van der Waals surface area contributed by atoms with E-state index in [2.05, 4.69) is 0 Å². The largest absolute Gasteiger partial charge is 0.495 e. The van der Waals surface area contributed by atoms with Gasteiger partial charge in [0.25, 0.3) is 0 Å². The average Bonchev–Trinajstić information content (AvgIpc) is 2.17. The Hall–Kier alpha value is -1.03. The molecule has 0 aromatic heterocycles. The Morgan fingerprint density at radius 1 is 1.50 bits per heavy atom. The van der Waals surface area contributed by atoms with Crippen LogP contribution in [0.5, 0.6) is 0 Å². The predicted molar refractivity (Wildman–Crippen MR) is 53.0 cm³/mol. The van der Waals surface area contributed by atoms with E-state index in [-0.39, 0.29) is 17.8 Å². The highest BCUT2D eigenvalue weighted by Crippen LogP contribution is 2.15. The summed E-state index contributed by atoms with van der Waals surface area (Å²) < 4.78 is 5.21. The summed E-state index contributed by atoms with van der Waals surface area (Å²) in [6.45, 7) is 2.92. The van der Waals surface area contributed by atoms with Crippen molar-refractivity contribution in [2.24, 2.45) is 0 Å². The van der Waals surface area contributed by atoms with Crippen LogP contribution in [0.3, 0.4) is 0 Å². The maximum atomic E-state index is 10.7. The molecule has 1 saturated heterocycles. The Labute approximate surface area is 84.2 Å². The molecule has 0 radical (unpaired) electrons. The van der Waals surface area contributed by atoms with E-state index in [1.807, 2.05) is 0 Å². The number of aliphatic hydroxyl groups is 1.